The molecule has 0 atom stereocenters. The van der Waals surface area contributed by atoms with Crippen molar-refractivity contribution in [3.8, 4) is 0 Å². The van der Waals surface area contributed by atoms with Crippen molar-refractivity contribution in [2.45, 2.75) is 12.3 Å². The fraction of sp³-hybridized carbons (Fsp3) is 0.333. The summed E-state index contributed by atoms with van der Waals surface area (Å²) < 4.78 is 26.8. The summed E-state index contributed by atoms with van der Waals surface area (Å²) in [6.45, 7) is 3.41. The molecule has 1 heterocycles. The molecule has 24 heavy (non-hydrogen) atoms. The number of benzene rings is 2. The number of halogens is 1. The van der Waals surface area contributed by atoms with Gasteiger partial charge >= 0.3 is 0 Å². The molecular weight excluding hydrogens is 344 g/mol. The minimum Gasteiger partial charge on any atom is -0.296 e. The second-order valence-corrected chi connectivity index (χ2v) is 8.38. The summed E-state index contributed by atoms with van der Waals surface area (Å²) in [7, 11) is -3.33. The maximum Gasteiger partial charge on any atom is 0.218 e. The second-order valence-electron chi connectivity index (χ2n) is 6.01. The number of hydrogen-bond donors (Lipinski definition) is 0. The molecule has 1 saturated heterocycles. The molecule has 0 N–H and O–H groups in total. The molecule has 6 heteroatoms. The molecule has 1 aliphatic heterocycles. The summed E-state index contributed by atoms with van der Waals surface area (Å²) in [6.07, 6.45) is 0. The zero-order valence-corrected chi connectivity index (χ0v) is 15.0. The third-order valence-corrected chi connectivity index (χ3v) is 6.47. The minimum absolute atomic E-state index is 0.0364. The Labute approximate surface area is 148 Å². The van der Waals surface area contributed by atoms with Crippen LogP contribution in [0.25, 0.3) is 0 Å². The lowest BCUT2D eigenvalue weighted by molar-refractivity contribution is 0.181. The highest BCUT2D eigenvalue weighted by atomic mass is 35.5. The van der Waals surface area contributed by atoms with Gasteiger partial charge < -0.3 is 0 Å². The van der Waals surface area contributed by atoms with Gasteiger partial charge in [-0.25, -0.2) is 8.42 Å². The number of piperazine rings is 1. The predicted molar refractivity (Wildman–Crippen MR) is 97.4 cm³/mol. The summed E-state index contributed by atoms with van der Waals surface area (Å²) in [6, 6.07) is 17.4. The Hall–Kier alpha value is -1.40. The molecule has 4 nitrogen and oxygen atoms in total. The standard InChI is InChI=1S/C18H21ClN2O2S/c19-18-9-5-4-8-17(18)15-24(22,23)21-12-10-20(11-13-21)14-16-6-2-1-3-7-16/h1-9H,10-15H2. The van der Waals surface area contributed by atoms with E-state index in [2.05, 4.69) is 17.0 Å². The van der Waals surface area contributed by atoms with Crippen LogP contribution in [0.15, 0.2) is 54.6 Å². The van der Waals surface area contributed by atoms with Gasteiger partial charge in [-0.3, -0.25) is 4.90 Å². The molecule has 0 radical (unpaired) electrons. The molecule has 0 aliphatic carbocycles. The molecule has 2 aromatic carbocycles. The van der Waals surface area contributed by atoms with Gasteiger partial charge in [0.1, 0.15) is 0 Å². The van der Waals surface area contributed by atoms with Crippen LogP contribution in [0.2, 0.25) is 5.02 Å². The van der Waals surface area contributed by atoms with E-state index in [1.807, 2.05) is 24.3 Å². The number of rotatable bonds is 5. The van der Waals surface area contributed by atoms with Gasteiger partial charge in [0, 0.05) is 37.7 Å². The molecule has 2 aromatic rings. The summed E-state index contributed by atoms with van der Waals surface area (Å²) in [5.74, 6) is -0.0364. The third kappa shape index (κ3) is 4.36. The average molecular weight is 365 g/mol. The van der Waals surface area contributed by atoms with Gasteiger partial charge in [0.05, 0.1) is 5.75 Å². The van der Waals surface area contributed by atoms with Crippen molar-refractivity contribution in [1.82, 2.24) is 9.21 Å². The highest BCUT2D eigenvalue weighted by Gasteiger charge is 2.27. The van der Waals surface area contributed by atoms with E-state index in [0.29, 0.717) is 23.7 Å². The summed E-state index contributed by atoms with van der Waals surface area (Å²) in [5, 5.41) is 0.504. The van der Waals surface area contributed by atoms with Gasteiger partial charge in [0.2, 0.25) is 10.0 Å². The van der Waals surface area contributed by atoms with Gasteiger partial charge in [-0.1, -0.05) is 60.1 Å². The highest BCUT2D eigenvalue weighted by Crippen LogP contribution is 2.20. The molecule has 1 fully saturated rings. The Morgan fingerprint density at radius 1 is 0.875 bits per heavy atom. The molecule has 0 spiro atoms. The first kappa shape index (κ1) is 17.4. The van der Waals surface area contributed by atoms with Gasteiger partial charge in [-0.15, -0.1) is 0 Å². The minimum atomic E-state index is -3.33. The van der Waals surface area contributed by atoms with Crippen molar-refractivity contribution in [1.29, 1.82) is 0 Å². The van der Waals surface area contributed by atoms with Crippen LogP contribution in [0.3, 0.4) is 0 Å². The van der Waals surface area contributed by atoms with Crippen molar-refractivity contribution in [2.24, 2.45) is 0 Å². The normalized spacial score (nSPS) is 17.0. The molecule has 1 aliphatic rings. The van der Waals surface area contributed by atoms with E-state index in [-0.39, 0.29) is 5.75 Å². The van der Waals surface area contributed by atoms with Gasteiger partial charge in [-0.2, -0.15) is 4.31 Å². The van der Waals surface area contributed by atoms with Crippen molar-refractivity contribution in [2.75, 3.05) is 26.2 Å². The van der Waals surface area contributed by atoms with Crippen LogP contribution in [0.1, 0.15) is 11.1 Å². The van der Waals surface area contributed by atoms with Crippen LogP contribution in [0, 0.1) is 0 Å². The van der Waals surface area contributed by atoms with E-state index in [9.17, 15) is 8.42 Å². The average Bonchev–Trinajstić information content (AvgIpc) is 2.58. The molecule has 3 rings (SSSR count). The van der Waals surface area contributed by atoms with E-state index in [4.69, 9.17) is 11.6 Å². The predicted octanol–water partition coefficient (Wildman–Crippen LogP) is 2.99. The van der Waals surface area contributed by atoms with E-state index >= 15 is 0 Å². The third-order valence-electron chi connectivity index (χ3n) is 4.27. The molecule has 0 amide bonds. The molecule has 0 bridgehead atoms. The highest BCUT2D eigenvalue weighted by molar-refractivity contribution is 7.88. The second kappa shape index (κ2) is 7.66. The van der Waals surface area contributed by atoms with Crippen LogP contribution in [0.5, 0.6) is 0 Å². The smallest absolute Gasteiger partial charge is 0.218 e. The number of sulfonamides is 1. The Morgan fingerprint density at radius 3 is 2.17 bits per heavy atom. The molecule has 0 unspecified atom stereocenters. The SMILES string of the molecule is O=S(=O)(Cc1ccccc1Cl)N1CCN(Cc2ccccc2)CC1. The zero-order valence-electron chi connectivity index (χ0n) is 13.4. The molecule has 128 valence electrons. The lowest BCUT2D eigenvalue weighted by atomic mass is 10.2. The van der Waals surface area contributed by atoms with Crippen LogP contribution < -0.4 is 0 Å². The monoisotopic (exact) mass is 364 g/mol. The first-order valence-electron chi connectivity index (χ1n) is 8.02. The number of hydrogen-bond acceptors (Lipinski definition) is 3. The van der Waals surface area contributed by atoms with Gasteiger partial charge in [-0.05, 0) is 17.2 Å². The lowest BCUT2D eigenvalue weighted by Gasteiger charge is -2.34. The summed E-state index contributed by atoms with van der Waals surface area (Å²) in [4.78, 5) is 2.29. The summed E-state index contributed by atoms with van der Waals surface area (Å²) >= 11 is 6.09. The van der Waals surface area contributed by atoms with Crippen LogP contribution >= 0.6 is 11.6 Å². The largest absolute Gasteiger partial charge is 0.296 e. The van der Waals surface area contributed by atoms with E-state index < -0.39 is 10.0 Å². The van der Waals surface area contributed by atoms with E-state index in [1.54, 1.807) is 22.5 Å². The first-order valence-corrected chi connectivity index (χ1v) is 10.0. The van der Waals surface area contributed by atoms with E-state index in [0.717, 1.165) is 19.6 Å². The molecular formula is C18H21ClN2O2S. The van der Waals surface area contributed by atoms with Crippen molar-refractivity contribution >= 4 is 21.6 Å². The summed E-state index contributed by atoms with van der Waals surface area (Å²) in [5.41, 5.74) is 1.91. The van der Waals surface area contributed by atoms with E-state index in [1.165, 1.54) is 5.56 Å². The lowest BCUT2D eigenvalue weighted by Crippen LogP contribution is -2.48. The van der Waals surface area contributed by atoms with Crippen LogP contribution in [-0.2, 0) is 22.3 Å². The maximum atomic E-state index is 12.6. The van der Waals surface area contributed by atoms with Crippen molar-refractivity contribution in [3.05, 3.63) is 70.7 Å². The Bertz CT molecular complexity index is 773. The molecule has 0 aromatic heterocycles. The van der Waals surface area contributed by atoms with Crippen LogP contribution in [-0.4, -0.2) is 43.8 Å². The van der Waals surface area contributed by atoms with Gasteiger partial charge in [0.15, 0.2) is 0 Å². The van der Waals surface area contributed by atoms with Crippen LogP contribution in [0.4, 0.5) is 0 Å². The first-order chi connectivity index (χ1) is 11.5. The Kier molecular flexibility index (Phi) is 5.56. The fourth-order valence-electron chi connectivity index (χ4n) is 2.91. The quantitative estimate of drug-likeness (QED) is 0.818. The topological polar surface area (TPSA) is 40.6 Å². The number of nitrogens with zero attached hydrogens (tertiary/aromatic N) is 2. The van der Waals surface area contributed by atoms with Crippen molar-refractivity contribution < 1.29 is 8.42 Å². The Balaban J connectivity index is 1.58. The Morgan fingerprint density at radius 2 is 1.50 bits per heavy atom. The molecule has 0 saturated carbocycles. The van der Waals surface area contributed by atoms with Crippen molar-refractivity contribution in [3.63, 3.8) is 0 Å². The maximum absolute atomic E-state index is 12.6. The fourth-order valence-corrected chi connectivity index (χ4v) is 4.74. The zero-order chi connectivity index (χ0) is 17.0. The van der Waals surface area contributed by atoms with Gasteiger partial charge in [0.25, 0.3) is 0 Å².